The zero-order valence-electron chi connectivity index (χ0n) is 19.5. The van der Waals surface area contributed by atoms with Crippen molar-refractivity contribution < 1.29 is 28.5 Å². The zero-order chi connectivity index (χ0) is 24.8. The van der Waals surface area contributed by atoms with E-state index in [0.717, 1.165) is 5.56 Å². The molecule has 9 heteroatoms. The Kier molecular flexibility index (Phi) is 5.10. The number of anilines is 1. The topological polar surface area (TPSA) is 101 Å². The van der Waals surface area contributed by atoms with Crippen LogP contribution >= 0.6 is 0 Å². The molecule has 6 rings (SSSR count). The van der Waals surface area contributed by atoms with Gasteiger partial charge in [0.1, 0.15) is 23.8 Å². The molecule has 4 aromatic rings. The monoisotopic (exact) mass is 483 g/mol. The second kappa shape index (κ2) is 8.46. The van der Waals surface area contributed by atoms with E-state index in [9.17, 15) is 9.59 Å². The molecule has 2 aliphatic heterocycles. The van der Waals surface area contributed by atoms with E-state index < -0.39 is 0 Å². The first-order valence-corrected chi connectivity index (χ1v) is 11.3. The summed E-state index contributed by atoms with van der Waals surface area (Å²) in [5.41, 5.74) is 4.91. The number of carbonyl (C=O) groups is 2. The third-order valence-electron chi connectivity index (χ3n) is 6.34. The van der Waals surface area contributed by atoms with Gasteiger partial charge in [0.05, 0.1) is 18.5 Å². The highest BCUT2D eigenvalue weighted by atomic mass is 16.7. The van der Waals surface area contributed by atoms with Crippen LogP contribution in [0.2, 0.25) is 0 Å². The quantitative estimate of drug-likeness (QED) is 0.416. The maximum Gasteiger partial charge on any atom is 0.256 e. The van der Waals surface area contributed by atoms with E-state index in [1.54, 1.807) is 42.1 Å². The lowest BCUT2D eigenvalue weighted by atomic mass is 10.0. The summed E-state index contributed by atoms with van der Waals surface area (Å²) < 4.78 is 23.9. The van der Waals surface area contributed by atoms with E-state index in [1.807, 2.05) is 31.2 Å². The van der Waals surface area contributed by atoms with Crippen LogP contribution in [0.15, 0.2) is 54.6 Å². The van der Waals surface area contributed by atoms with Crippen molar-refractivity contribution >= 4 is 17.9 Å². The van der Waals surface area contributed by atoms with E-state index in [2.05, 4.69) is 10.4 Å². The van der Waals surface area contributed by atoms with Crippen LogP contribution in [0.4, 0.5) is 5.69 Å². The molecule has 0 fully saturated rings. The maximum atomic E-state index is 13.1. The van der Waals surface area contributed by atoms with E-state index in [4.69, 9.17) is 18.9 Å². The van der Waals surface area contributed by atoms with E-state index in [1.165, 1.54) is 0 Å². The summed E-state index contributed by atoms with van der Waals surface area (Å²) in [4.78, 5) is 24.9. The second-order valence-corrected chi connectivity index (χ2v) is 8.37. The Morgan fingerprint density at radius 1 is 1.06 bits per heavy atom. The van der Waals surface area contributed by atoms with Crippen molar-refractivity contribution in [3.05, 3.63) is 77.0 Å². The van der Waals surface area contributed by atoms with E-state index >= 15 is 0 Å². The molecule has 36 heavy (non-hydrogen) atoms. The molecule has 9 nitrogen and oxygen atoms in total. The highest BCUT2D eigenvalue weighted by Gasteiger charge is 2.28. The number of carbonyl (C=O) groups excluding carboxylic acids is 2. The Bertz CT molecular complexity index is 1540. The van der Waals surface area contributed by atoms with Gasteiger partial charge in [-0.3, -0.25) is 9.59 Å². The first kappa shape index (κ1) is 21.7. The predicted octanol–water partition coefficient (Wildman–Crippen LogP) is 4.54. The van der Waals surface area contributed by atoms with Gasteiger partial charge < -0.3 is 24.3 Å². The minimum atomic E-state index is -0.263. The molecule has 0 saturated carbocycles. The molecule has 0 spiro atoms. The number of benzene rings is 3. The fraction of sp³-hybridized carbons (Fsp3) is 0.148. The van der Waals surface area contributed by atoms with Gasteiger partial charge in [-0.05, 0) is 49.4 Å². The number of rotatable bonds is 5. The van der Waals surface area contributed by atoms with Crippen LogP contribution in [0.25, 0.3) is 16.9 Å². The number of aromatic nitrogens is 2. The molecule has 1 amide bonds. The van der Waals surface area contributed by atoms with Crippen molar-refractivity contribution in [1.29, 1.82) is 0 Å². The maximum absolute atomic E-state index is 13.1. The molecule has 0 unspecified atom stereocenters. The molecular formula is C27H21N3O6. The number of fused-ring (bicyclic) bond motifs is 4. The van der Waals surface area contributed by atoms with Crippen molar-refractivity contribution in [1.82, 2.24) is 9.78 Å². The van der Waals surface area contributed by atoms with Crippen molar-refractivity contribution in [3.63, 3.8) is 0 Å². The molecule has 0 saturated heterocycles. The van der Waals surface area contributed by atoms with Crippen LogP contribution in [-0.4, -0.2) is 35.9 Å². The molecular weight excluding hydrogens is 462 g/mol. The first-order valence-electron chi connectivity index (χ1n) is 11.3. The molecule has 0 atom stereocenters. The summed E-state index contributed by atoms with van der Waals surface area (Å²) in [7, 11) is 1.57. The number of methoxy groups -OCH3 is 1. The number of ether oxygens (including phenoxy) is 4. The third kappa shape index (κ3) is 3.44. The Labute approximate surface area is 206 Å². The zero-order valence-corrected chi connectivity index (χ0v) is 19.5. The van der Waals surface area contributed by atoms with Gasteiger partial charge >= 0.3 is 0 Å². The van der Waals surface area contributed by atoms with Gasteiger partial charge in [0.2, 0.25) is 6.79 Å². The smallest absolute Gasteiger partial charge is 0.256 e. The highest BCUT2D eigenvalue weighted by molar-refractivity contribution is 6.06. The summed E-state index contributed by atoms with van der Waals surface area (Å²) in [6.07, 6.45) is 0.716. The lowest BCUT2D eigenvalue weighted by Crippen LogP contribution is -2.14. The van der Waals surface area contributed by atoms with Gasteiger partial charge in [0.15, 0.2) is 17.8 Å². The van der Waals surface area contributed by atoms with Gasteiger partial charge in [0.25, 0.3) is 5.91 Å². The average molecular weight is 483 g/mol. The van der Waals surface area contributed by atoms with Gasteiger partial charge in [0, 0.05) is 34.0 Å². The van der Waals surface area contributed by atoms with Crippen LogP contribution in [0.5, 0.6) is 23.0 Å². The number of hydrogen-bond donors (Lipinski definition) is 1. The number of nitrogens with zero attached hydrogens (tertiary/aromatic N) is 2. The molecule has 1 N–H and O–H groups in total. The minimum Gasteiger partial charge on any atom is -0.496 e. The summed E-state index contributed by atoms with van der Waals surface area (Å²) in [6, 6.07) is 16.2. The van der Waals surface area contributed by atoms with Gasteiger partial charge in [-0.15, -0.1) is 0 Å². The molecule has 0 radical (unpaired) electrons. The van der Waals surface area contributed by atoms with Crippen LogP contribution in [0.1, 0.15) is 32.0 Å². The van der Waals surface area contributed by atoms with Gasteiger partial charge in [-0.25, -0.2) is 4.68 Å². The Morgan fingerprint density at radius 3 is 2.72 bits per heavy atom. The molecule has 3 aromatic carbocycles. The average Bonchev–Trinajstić information content (AvgIpc) is 3.53. The summed E-state index contributed by atoms with van der Waals surface area (Å²) in [5.74, 6) is 2.25. The van der Waals surface area contributed by atoms with Crippen LogP contribution in [0, 0.1) is 6.92 Å². The first-order chi connectivity index (χ1) is 17.6. The number of nitrogens with one attached hydrogen (secondary N) is 1. The molecule has 3 heterocycles. The number of aldehydes is 1. The number of amides is 1. The molecule has 180 valence electrons. The van der Waals surface area contributed by atoms with Crippen molar-refractivity contribution in [3.8, 4) is 39.9 Å². The Hall–Kier alpha value is -4.79. The van der Waals surface area contributed by atoms with Crippen molar-refractivity contribution in [2.45, 2.75) is 13.5 Å². The van der Waals surface area contributed by atoms with Crippen molar-refractivity contribution in [2.24, 2.45) is 0 Å². The number of hydrogen-bond acceptors (Lipinski definition) is 7. The molecule has 1 aromatic heterocycles. The standard InChI is InChI=1S/C27H21N3O6/c1-15-18(4-3-5-22(15)33-2)27(32)28-16-6-8-23-19(10-16)26-20(13-34-23)21(12-31)29-30(26)17-7-9-24-25(11-17)36-14-35-24/h3-12H,13-14H2,1-2H3,(H,28,32). The third-order valence-corrected chi connectivity index (χ3v) is 6.34. The highest BCUT2D eigenvalue weighted by Crippen LogP contribution is 2.42. The fourth-order valence-electron chi connectivity index (χ4n) is 4.53. The fourth-order valence-corrected chi connectivity index (χ4v) is 4.53. The normalized spacial score (nSPS) is 12.8. The van der Waals surface area contributed by atoms with Crippen LogP contribution in [0.3, 0.4) is 0 Å². The van der Waals surface area contributed by atoms with Gasteiger partial charge in [-0.2, -0.15) is 5.10 Å². The Morgan fingerprint density at radius 2 is 1.89 bits per heavy atom. The SMILES string of the molecule is COc1cccc(C(=O)Nc2ccc3c(c2)-c2c(c(C=O)nn2-c2ccc4c(c2)OCO4)CO3)c1C. The minimum absolute atomic E-state index is 0.155. The Balaban J connectivity index is 1.41. The van der Waals surface area contributed by atoms with Crippen LogP contribution in [-0.2, 0) is 6.61 Å². The van der Waals surface area contributed by atoms with Crippen LogP contribution < -0.4 is 24.3 Å². The van der Waals surface area contributed by atoms with Crippen molar-refractivity contribution in [2.75, 3.05) is 19.2 Å². The molecule has 0 bridgehead atoms. The van der Waals surface area contributed by atoms with E-state index in [0.29, 0.717) is 63.0 Å². The summed E-state index contributed by atoms with van der Waals surface area (Å²) in [5, 5.41) is 7.50. The van der Waals surface area contributed by atoms with E-state index in [-0.39, 0.29) is 25.0 Å². The predicted molar refractivity (Wildman–Crippen MR) is 131 cm³/mol. The largest absolute Gasteiger partial charge is 0.496 e. The second-order valence-electron chi connectivity index (χ2n) is 8.37. The lowest BCUT2D eigenvalue weighted by Gasteiger charge is -2.21. The van der Waals surface area contributed by atoms with Gasteiger partial charge in [-0.1, -0.05) is 6.07 Å². The lowest BCUT2D eigenvalue weighted by molar-refractivity contribution is 0.102. The summed E-state index contributed by atoms with van der Waals surface area (Å²) >= 11 is 0. The molecule has 2 aliphatic rings. The molecule has 0 aliphatic carbocycles. The summed E-state index contributed by atoms with van der Waals surface area (Å²) in [6.45, 7) is 2.20.